The molecule has 2 aliphatic heterocycles. The van der Waals surface area contributed by atoms with Crippen LogP contribution in [0.5, 0.6) is 11.5 Å². The van der Waals surface area contributed by atoms with Crippen LogP contribution in [0.15, 0.2) is 42.5 Å². The van der Waals surface area contributed by atoms with Gasteiger partial charge in [0.2, 0.25) is 12.7 Å². The van der Waals surface area contributed by atoms with Crippen molar-refractivity contribution in [1.29, 1.82) is 0 Å². The minimum atomic E-state index is -0.649. The molecule has 2 heterocycles. The number of hydrogen-bond acceptors (Lipinski definition) is 4. The molecule has 5 rings (SSSR count). The summed E-state index contributed by atoms with van der Waals surface area (Å²) in [5, 5.41) is 3.27. The highest BCUT2D eigenvalue weighted by Crippen LogP contribution is 2.43. The first-order chi connectivity index (χ1) is 15.1. The Labute approximate surface area is 181 Å². The summed E-state index contributed by atoms with van der Waals surface area (Å²) in [7, 11) is 0. The number of carbonyl (C=O) groups is 1. The average Bonchev–Trinajstić information content (AvgIpc) is 3.48. The van der Waals surface area contributed by atoms with E-state index in [9.17, 15) is 9.18 Å². The molecule has 2 aromatic rings. The van der Waals surface area contributed by atoms with Gasteiger partial charge in [-0.15, -0.1) is 0 Å². The molecule has 1 aliphatic carbocycles. The van der Waals surface area contributed by atoms with Crippen molar-refractivity contribution < 1.29 is 23.4 Å². The number of ether oxygens (including phenoxy) is 3. The summed E-state index contributed by atoms with van der Waals surface area (Å²) in [4.78, 5) is 13.6. The van der Waals surface area contributed by atoms with Crippen LogP contribution >= 0.6 is 0 Å². The zero-order valence-corrected chi connectivity index (χ0v) is 17.6. The lowest BCUT2D eigenvalue weighted by molar-refractivity contribution is -0.127. The Morgan fingerprint density at radius 1 is 0.935 bits per heavy atom. The summed E-state index contributed by atoms with van der Waals surface area (Å²) in [6, 6.07) is 12.6. The first-order valence-corrected chi connectivity index (χ1v) is 11.1. The lowest BCUT2D eigenvalue weighted by Crippen LogP contribution is -2.50. The second-order valence-corrected chi connectivity index (χ2v) is 8.94. The molecule has 31 heavy (non-hydrogen) atoms. The molecule has 5 nitrogen and oxygen atoms in total. The molecule has 0 unspecified atom stereocenters. The van der Waals surface area contributed by atoms with Crippen molar-refractivity contribution in [2.24, 2.45) is 0 Å². The number of nitrogens with one attached hydrogen (secondary N) is 1. The standard InChI is InChI=1S/C25H28FNO4/c26-20-5-3-4-19(14-20)25(8-1-2-9-25)23(28)27-16-24(10-12-29-13-11-24)18-6-7-21-22(15-18)31-17-30-21/h3-7,14-15H,1-2,8-13,16-17H2,(H,27,28). The van der Waals surface area contributed by atoms with E-state index in [1.807, 2.05) is 18.2 Å². The van der Waals surface area contributed by atoms with Crippen molar-refractivity contribution in [2.75, 3.05) is 26.6 Å². The predicted octanol–water partition coefficient (Wildman–Crippen LogP) is 4.23. The predicted molar refractivity (Wildman–Crippen MR) is 114 cm³/mol. The zero-order valence-electron chi connectivity index (χ0n) is 17.6. The molecular formula is C25H28FNO4. The number of carbonyl (C=O) groups excluding carboxylic acids is 1. The molecule has 1 saturated heterocycles. The molecule has 0 bridgehead atoms. The summed E-state index contributed by atoms with van der Waals surface area (Å²) < 4.78 is 30.6. The molecule has 3 aliphatic rings. The Bertz CT molecular complexity index is 964. The Hall–Kier alpha value is -2.60. The first-order valence-electron chi connectivity index (χ1n) is 11.1. The molecule has 1 saturated carbocycles. The third kappa shape index (κ3) is 3.67. The van der Waals surface area contributed by atoms with E-state index in [4.69, 9.17) is 14.2 Å². The van der Waals surface area contributed by atoms with Gasteiger partial charge < -0.3 is 19.5 Å². The minimum Gasteiger partial charge on any atom is -0.454 e. The fourth-order valence-corrected chi connectivity index (χ4v) is 5.39. The zero-order chi connectivity index (χ0) is 21.3. The second-order valence-electron chi connectivity index (χ2n) is 8.94. The van der Waals surface area contributed by atoms with Gasteiger partial charge >= 0.3 is 0 Å². The maximum absolute atomic E-state index is 14.0. The summed E-state index contributed by atoms with van der Waals surface area (Å²) in [6.07, 6.45) is 5.10. The third-order valence-corrected chi connectivity index (χ3v) is 7.29. The Morgan fingerprint density at radius 2 is 1.71 bits per heavy atom. The molecule has 0 radical (unpaired) electrons. The second kappa shape index (κ2) is 8.15. The van der Waals surface area contributed by atoms with Crippen LogP contribution in [-0.2, 0) is 20.4 Å². The lowest BCUT2D eigenvalue weighted by Gasteiger charge is -2.39. The smallest absolute Gasteiger partial charge is 0.231 e. The van der Waals surface area contributed by atoms with Crippen LogP contribution in [0.25, 0.3) is 0 Å². The van der Waals surface area contributed by atoms with Crippen LogP contribution in [0.4, 0.5) is 4.39 Å². The fourth-order valence-electron chi connectivity index (χ4n) is 5.39. The van der Waals surface area contributed by atoms with Gasteiger partial charge in [0.15, 0.2) is 11.5 Å². The highest BCUT2D eigenvalue weighted by Gasteiger charge is 2.44. The van der Waals surface area contributed by atoms with E-state index in [0.717, 1.165) is 61.2 Å². The van der Waals surface area contributed by atoms with Crippen molar-refractivity contribution in [1.82, 2.24) is 5.32 Å². The Kier molecular flexibility index (Phi) is 5.34. The van der Waals surface area contributed by atoms with Gasteiger partial charge in [-0.3, -0.25) is 4.79 Å². The Morgan fingerprint density at radius 3 is 2.48 bits per heavy atom. The largest absolute Gasteiger partial charge is 0.454 e. The topological polar surface area (TPSA) is 56.8 Å². The molecule has 1 N–H and O–H groups in total. The molecule has 0 spiro atoms. The van der Waals surface area contributed by atoms with E-state index < -0.39 is 5.41 Å². The molecule has 2 fully saturated rings. The lowest BCUT2D eigenvalue weighted by atomic mass is 9.73. The molecule has 2 aromatic carbocycles. The molecule has 6 heteroatoms. The number of benzene rings is 2. The van der Waals surface area contributed by atoms with Crippen LogP contribution in [-0.4, -0.2) is 32.5 Å². The van der Waals surface area contributed by atoms with E-state index in [-0.39, 0.29) is 23.9 Å². The van der Waals surface area contributed by atoms with E-state index in [1.165, 1.54) is 12.1 Å². The number of rotatable bonds is 5. The normalized spacial score (nSPS) is 21.1. The number of fused-ring (bicyclic) bond motifs is 1. The van der Waals surface area contributed by atoms with E-state index in [1.54, 1.807) is 6.07 Å². The van der Waals surface area contributed by atoms with Crippen LogP contribution in [0.1, 0.15) is 49.7 Å². The van der Waals surface area contributed by atoms with Crippen molar-refractivity contribution in [3.8, 4) is 11.5 Å². The van der Waals surface area contributed by atoms with Gasteiger partial charge in [0.25, 0.3) is 0 Å². The van der Waals surface area contributed by atoms with Crippen molar-refractivity contribution in [3.63, 3.8) is 0 Å². The van der Waals surface area contributed by atoms with Gasteiger partial charge in [-0.05, 0) is 61.1 Å². The van der Waals surface area contributed by atoms with Gasteiger partial charge in [0, 0.05) is 25.2 Å². The summed E-state index contributed by atoms with van der Waals surface area (Å²) in [5.74, 6) is 1.22. The molecule has 0 aromatic heterocycles. The number of hydrogen-bond donors (Lipinski definition) is 1. The Balaban J connectivity index is 1.41. The highest BCUT2D eigenvalue weighted by atomic mass is 19.1. The van der Waals surface area contributed by atoms with Crippen LogP contribution in [0, 0.1) is 5.82 Å². The first kappa shape index (κ1) is 20.3. The fraction of sp³-hybridized carbons (Fsp3) is 0.480. The molecule has 1 amide bonds. The highest BCUT2D eigenvalue weighted by molar-refractivity contribution is 5.88. The number of amides is 1. The van der Waals surface area contributed by atoms with E-state index in [0.29, 0.717) is 19.8 Å². The van der Waals surface area contributed by atoms with Gasteiger partial charge in [-0.2, -0.15) is 0 Å². The maximum Gasteiger partial charge on any atom is 0.231 e. The van der Waals surface area contributed by atoms with Gasteiger partial charge in [-0.1, -0.05) is 31.0 Å². The van der Waals surface area contributed by atoms with Gasteiger partial charge in [0.1, 0.15) is 5.82 Å². The van der Waals surface area contributed by atoms with E-state index in [2.05, 4.69) is 11.4 Å². The van der Waals surface area contributed by atoms with Crippen molar-refractivity contribution in [3.05, 3.63) is 59.4 Å². The van der Waals surface area contributed by atoms with E-state index >= 15 is 0 Å². The minimum absolute atomic E-state index is 0.00205. The van der Waals surface area contributed by atoms with Crippen LogP contribution in [0.3, 0.4) is 0 Å². The quantitative estimate of drug-likeness (QED) is 0.779. The van der Waals surface area contributed by atoms with Crippen LogP contribution < -0.4 is 14.8 Å². The molecule has 0 atom stereocenters. The summed E-state index contributed by atoms with van der Waals surface area (Å²) >= 11 is 0. The van der Waals surface area contributed by atoms with Crippen molar-refractivity contribution in [2.45, 2.75) is 49.4 Å². The monoisotopic (exact) mass is 425 g/mol. The number of halogens is 1. The maximum atomic E-state index is 14.0. The average molecular weight is 426 g/mol. The SMILES string of the molecule is O=C(NCC1(c2ccc3c(c2)OCO3)CCOCC1)C1(c2cccc(F)c2)CCCC1. The van der Waals surface area contributed by atoms with Crippen molar-refractivity contribution >= 4 is 5.91 Å². The summed E-state index contributed by atoms with van der Waals surface area (Å²) in [5.41, 5.74) is 1.04. The third-order valence-electron chi connectivity index (χ3n) is 7.29. The molecule has 164 valence electrons. The van der Waals surface area contributed by atoms with Gasteiger partial charge in [-0.25, -0.2) is 4.39 Å². The van der Waals surface area contributed by atoms with Crippen LogP contribution in [0.2, 0.25) is 0 Å². The molecular weight excluding hydrogens is 397 g/mol. The summed E-state index contributed by atoms with van der Waals surface area (Å²) in [6.45, 7) is 2.06. The van der Waals surface area contributed by atoms with Gasteiger partial charge in [0.05, 0.1) is 5.41 Å².